The second kappa shape index (κ2) is 9.30. The predicted molar refractivity (Wildman–Crippen MR) is 127 cm³/mol. The van der Waals surface area contributed by atoms with E-state index in [9.17, 15) is 19.5 Å². The average Bonchev–Trinajstić information content (AvgIpc) is 3.33. The highest BCUT2D eigenvalue weighted by atomic mass is 32.2. The van der Waals surface area contributed by atoms with Crippen molar-refractivity contribution in [1.82, 2.24) is 4.90 Å². The van der Waals surface area contributed by atoms with Crippen molar-refractivity contribution in [2.24, 2.45) is 5.92 Å². The maximum absolute atomic E-state index is 13.0. The Balaban J connectivity index is 1.45. The number of rotatable bonds is 5. The van der Waals surface area contributed by atoms with Gasteiger partial charge in [-0.3, -0.25) is 19.3 Å². The van der Waals surface area contributed by atoms with Crippen LogP contribution >= 0.6 is 24.0 Å². The van der Waals surface area contributed by atoms with Crippen molar-refractivity contribution in [1.29, 1.82) is 0 Å². The minimum Gasteiger partial charge on any atom is -0.481 e. The molecule has 2 heterocycles. The van der Waals surface area contributed by atoms with Crippen molar-refractivity contribution in [3.05, 3.63) is 47.1 Å². The van der Waals surface area contributed by atoms with Crippen molar-refractivity contribution in [3.63, 3.8) is 0 Å². The fourth-order valence-corrected chi connectivity index (χ4v) is 5.39. The summed E-state index contributed by atoms with van der Waals surface area (Å²) < 4.78 is 6.40. The Morgan fingerprint density at radius 1 is 1.16 bits per heavy atom. The third-order valence-electron chi connectivity index (χ3n) is 5.62. The standard InChI is InChI=1S/C23H22N2O5S2/c1-13(26)24-16-6-2-14(3-7-16)19-11-10-18(30-19)12-20-21(27)25(23(31)32-20)17-8-4-15(5-9-17)22(28)29/h2-3,6-7,10-12,15,17H,4-5,8-9H2,1H3,(H,24,26)(H,28,29)/b20-12+. The smallest absolute Gasteiger partial charge is 0.306 e. The van der Waals surface area contributed by atoms with Crippen LogP contribution in [-0.2, 0) is 14.4 Å². The average molecular weight is 471 g/mol. The van der Waals surface area contributed by atoms with Gasteiger partial charge >= 0.3 is 5.97 Å². The number of hydrogen-bond acceptors (Lipinski definition) is 6. The monoisotopic (exact) mass is 470 g/mol. The van der Waals surface area contributed by atoms with Crippen LogP contribution in [0.4, 0.5) is 5.69 Å². The van der Waals surface area contributed by atoms with E-state index >= 15 is 0 Å². The number of anilines is 1. The number of carboxylic acids is 1. The van der Waals surface area contributed by atoms with Crippen molar-refractivity contribution in [2.75, 3.05) is 5.32 Å². The molecule has 7 nitrogen and oxygen atoms in total. The number of nitrogens with zero attached hydrogens (tertiary/aromatic N) is 1. The number of nitrogens with one attached hydrogen (secondary N) is 1. The molecule has 0 unspecified atom stereocenters. The highest BCUT2D eigenvalue weighted by Crippen LogP contribution is 2.38. The topological polar surface area (TPSA) is 99.9 Å². The van der Waals surface area contributed by atoms with Crippen molar-refractivity contribution < 1.29 is 23.9 Å². The first-order valence-electron chi connectivity index (χ1n) is 10.3. The predicted octanol–water partition coefficient (Wildman–Crippen LogP) is 4.75. The first kappa shape index (κ1) is 22.3. The van der Waals surface area contributed by atoms with Crippen molar-refractivity contribution in [2.45, 2.75) is 38.6 Å². The maximum Gasteiger partial charge on any atom is 0.306 e. The van der Waals surface area contributed by atoms with E-state index in [1.54, 1.807) is 29.2 Å². The molecule has 1 saturated carbocycles. The van der Waals surface area contributed by atoms with E-state index in [0.29, 0.717) is 52.1 Å². The van der Waals surface area contributed by atoms with Crippen LogP contribution in [0.1, 0.15) is 38.4 Å². The van der Waals surface area contributed by atoms with Gasteiger partial charge in [-0.15, -0.1) is 0 Å². The molecular weight excluding hydrogens is 448 g/mol. The van der Waals surface area contributed by atoms with Crippen LogP contribution in [-0.4, -0.2) is 38.2 Å². The number of furan rings is 1. The number of amides is 2. The molecule has 2 aliphatic rings. The van der Waals surface area contributed by atoms with E-state index in [1.807, 2.05) is 18.2 Å². The van der Waals surface area contributed by atoms with Gasteiger partial charge in [0.2, 0.25) is 5.91 Å². The molecule has 32 heavy (non-hydrogen) atoms. The second-order valence-corrected chi connectivity index (χ2v) is 9.53. The molecule has 9 heteroatoms. The molecule has 166 valence electrons. The Morgan fingerprint density at radius 3 is 2.47 bits per heavy atom. The third kappa shape index (κ3) is 4.78. The highest BCUT2D eigenvalue weighted by molar-refractivity contribution is 8.26. The molecule has 0 spiro atoms. The Kier molecular flexibility index (Phi) is 6.48. The molecule has 2 aromatic rings. The Bertz CT molecular complexity index is 1100. The highest BCUT2D eigenvalue weighted by Gasteiger charge is 2.39. The second-order valence-electron chi connectivity index (χ2n) is 7.86. The summed E-state index contributed by atoms with van der Waals surface area (Å²) in [5.41, 5.74) is 1.55. The quantitative estimate of drug-likeness (QED) is 0.480. The molecule has 2 N–H and O–H groups in total. The maximum atomic E-state index is 13.0. The van der Waals surface area contributed by atoms with Crippen LogP contribution in [0.3, 0.4) is 0 Å². The van der Waals surface area contributed by atoms with Gasteiger partial charge in [-0.05, 0) is 62.1 Å². The number of aliphatic carboxylic acids is 1. The SMILES string of the molecule is CC(=O)Nc1ccc(-c2ccc(/C=C3/SC(=S)N(C4CCC(C(=O)O)CC4)C3=O)o2)cc1. The van der Waals surface area contributed by atoms with E-state index in [1.165, 1.54) is 18.7 Å². The van der Waals surface area contributed by atoms with E-state index in [2.05, 4.69) is 5.32 Å². The summed E-state index contributed by atoms with van der Waals surface area (Å²) in [5, 5.41) is 11.9. The van der Waals surface area contributed by atoms with Crippen LogP contribution in [0.5, 0.6) is 0 Å². The van der Waals surface area contributed by atoms with Crippen LogP contribution in [0.15, 0.2) is 45.7 Å². The third-order valence-corrected chi connectivity index (χ3v) is 6.95. The lowest BCUT2D eigenvalue weighted by Crippen LogP contribution is -2.41. The number of thiocarbonyl (C=S) groups is 1. The van der Waals surface area contributed by atoms with Gasteiger partial charge in [0.15, 0.2) is 0 Å². The lowest BCUT2D eigenvalue weighted by atomic mass is 9.85. The van der Waals surface area contributed by atoms with Gasteiger partial charge in [-0.2, -0.15) is 0 Å². The summed E-state index contributed by atoms with van der Waals surface area (Å²) in [6.45, 7) is 1.45. The lowest BCUT2D eigenvalue weighted by Gasteiger charge is -2.32. The normalized spacial score (nSPS) is 22.4. The largest absolute Gasteiger partial charge is 0.481 e. The molecule has 4 rings (SSSR count). The van der Waals surface area contributed by atoms with Gasteiger partial charge in [0.1, 0.15) is 15.8 Å². The van der Waals surface area contributed by atoms with Crippen LogP contribution in [0.2, 0.25) is 0 Å². The van der Waals surface area contributed by atoms with Gasteiger partial charge in [0.25, 0.3) is 5.91 Å². The fourth-order valence-electron chi connectivity index (χ4n) is 4.01. The van der Waals surface area contributed by atoms with Gasteiger partial charge in [-0.25, -0.2) is 0 Å². The summed E-state index contributed by atoms with van der Waals surface area (Å²) in [7, 11) is 0. The molecule has 0 atom stereocenters. The number of hydrogen-bond donors (Lipinski definition) is 2. The Hall–Kier alpha value is -2.91. The Morgan fingerprint density at radius 2 is 1.84 bits per heavy atom. The summed E-state index contributed by atoms with van der Waals surface area (Å²) in [4.78, 5) is 37.5. The molecular formula is C23H22N2O5S2. The van der Waals surface area contributed by atoms with Gasteiger partial charge in [0, 0.05) is 30.3 Å². The number of thioether (sulfide) groups is 1. The molecule has 1 aromatic heterocycles. The zero-order valence-corrected chi connectivity index (χ0v) is 19.0. The number of carboxylic acid groups (broad SMARTS) is 1. The number of carbonyl (C=O) groups is 3. The van der Waals surface area contributed by atoms with Crippen molar-refractivity contribution in [3.8, 4) is 11.3 Å². The van der Waals surface area contributed by atoms with Crippen LogP contribution in [0.25, 0.3) is 17.4 Å². The van der Waals surface area contributed by atoms with E-state index < -0.39 is 5.97 Å². The van der Waals surface area contributed by atoms with E-state index in [4.69, 9.17) is 16.6 Å². The molecule has 0 radical (unpaired) electrons. The van der Waals surface area contributed by atoms with Gasteiger partial charge in [0.05, 0.1) is 10.8 Å². The number of carbonyl (C=O) groups excluding carboxylic acids is 2. The molecule has 1 aliphatic heterocycles. The molecule has 1 saturated heterocycles. The lowest BCUT2D eigenvalue weighted by molar-refractivity contribution is -0.143. The zero-order valence-electron chi connectivity index (χ0n) is 17.4. The van der Waals surface area contributed by atoms with Gasteiger partial charge in [-0.1, -0.05) is 24.0 Å². The molecule has 1 aliphatic carbocycles. The van der Waals surface area contributed by atoms with Crippen molar-refractivity contribution >= 4 is 57.8 Å². The molecule has 1 aromatic carbocycles. The van der Waals surface area contributed by atoms with Crippen LogP contribution < -0.4 is 5.32 Å². The molecule has 0 bridgehead atoms. The summed E-state index contributed by atoms with van der Waals surface area (Å²) in [6, 6.07) is 10.8. The number of benzene rings is 1. The minimum atomic E-state index is -0.771. The minimum absolute atomic E-state index is 0.0571. The summed E-state index contributed by atoms with van der Waals surface area (Å²) >= 11 is 6.69. The van der Waals surface area contributed by atoms with E-state index in [-0.39, 0.29) is 23.8 Å². The molecule has 2 amide bonds. The fraction of sp³-hybridized carbons (Fsp3) is 0.304. The molecule has 2 fully saturated rings. The first-order chi connectivity index (χ1) is 15.3. The zero-order chi connectivity index (χ0) is 22.8. The Labute approximate surface area is 194 Å². The van der Waals surface area contributed by atoms with E-state index in [0.717, 1.165) is 5.56 Å². The van der Waals surface area contributed by atoms with Crippen LogP contribution in [0, 0.1) is 5.92 Å². The first-order valence-corrected chi connectivity index (χ1v) is 11.5. The van der Waals surface area contributed by atoms with Gasteiger partial charge < -0.3 is 14.8 Å². The summed E-state index contributed by atoms with van der Waals surface area (Å²) in [6.07, 6.45) is 4.07. The summed E-state index contributed by atoms with van der Waals surface area (Å²) in [5.74, 6) is -0.211.